The van der Waals surface area contributed by atoms with Crippen LogP contribution < -0.4 is 4.18 Å². The van der Waals surface area contributed by atoms with Crippen LogP contribution in [0.4, 0.5) is 0 Å². The van der Waals surface area contributed by atoms with Crippen LogP contribution in [0.15, 0.2) is 54.6 Å². The van der Waals surface area contributed by atoms with Crippen molar-refractivity contribution in [2.75, 3.05) is 5.75 Å². The predicted molar refractivity (Wildman–Crippen MR) is 95.7 cm³/mol. The lowest BCUT2D eigenvalue weighted by atomic mass is 9.93. The van der Waals surface area contributed by atoms with E-state index in [1.807, 2.05) is 68.4 Å². The van der Waals surface area contributed by atoms with Crippen LogP contribution in [0.5, 0.6) is 5.88 Å². The Bertz CT molecular complexity index is 1040. The zero-order chi connectivity index (χ0) is 17.6. The maximum atomic E-state index is 12.4. The Morgan fingerprint density at radius 2 is 1.84 bits per heavy atom. The summed E-state index contributed by atoms with van der Waals surface area (Å²) in [5, 5.41) is 4.57. The molecule has 1 aliphatic heterocycles. The maximum absolute atomic E-state index is 12.4. The molecule has 0 bridgehead atoms. The minimum Gasteiger partial charge on any atom is -0.361 e. The van der Waals surface area contributed by atoms with Gasteiger partial charge in [0.15, 0.2) is 0 Å². The fourth-order valence-corrected chi connectivity index (χ4v) is 4.56. The molecule has 1 aliphatic rings. The number of nitrogens with zero attached hydrogens (tertiary/aromatic N) is 2. The van der Waals surface area contributed by atoms with Crippen LogP contribution in [0.2, 0.25) is 0 Å². The van der Waals surface area contributed by atoms with E-state index in [0.717, 1.165) is 28.1 Å². The van der Waals surface area contributed by atoms with Crippen molar-refractivity contribution >= 4 is 10.1 Å². The molecule has 128 valence electrons. The van der Waals surface area contributed by atoms with E-state index in [1.54, 1.807) is 4.68 Å². The summed E-state index contributed by atoms with van der Waals surface area (Å²) in [4.78, 5) is 0. The Balaban J connectivity index is 1.94. The summed E-state index contributed by atoms with van der Waals surface area (Å²) in [7, 11) is -3.68. The molecule has 6 heteroatoms. The third-order valence-corrected chi connectivity index (χ3v) is 5.59. The first-order valence-corrected chi connectivity index (χ1v) is 9.66. The molecule has 0 saturated carbocycles. The normalized spacial score (nSPS) is 18.4. The second kappa shape index (κ2) is 5.74. The van der Waals surface area contributed by atoms with Crippen molar-refractivity contribution in [3.05, 3.63) is 77.0 Å². The van der Waals surface area contributed by atoms with E-state index in [-0.39, 0.29) is 11.7 Å². The lowest BCUT2D eigenvalue weighted by molar-refractivity contribution is 0.446. The highest BCUT2D eigenvalue weighted by Gasteiger charge is 2.37. The van der Waals surface area contributed by atoms with Crippen LogP contribution in [0.25, 0.3) is 5.69 Å². The van der Waals surface area contributed by atoms with Crippen molar-refractivity contribution in [3.63, 3.8) is 0 Å². The highest BCUT2D eigenvalue weighted by molar-refractivity contribution is 7.87. The third kappa shape index (κ3) is 2.82. The van der Waals surface area contributed by atoms with Crippen LogP contribution in [-0.2, 0) is 10.1 Å². The van der Waals surface area contributed by atoms with Gasteiger partial charge in [-0.3, -0.25) is 0 Å². The van der Waals surface area contributed by atoms with Gasteiger partial charge in [0.2, 0.25) is 5.88 Å². The zero-order valence-corrected chi connectivity index (χ0v) is 14.8. The molecule has 1 atom stereocenters. The monoisotopic (exact) mass is 354 g/mol. The van der Waals surface area contributed by atoms with Crippen molar-refractivity contribution < 1.29 is 12.6 Å². The number of fused-ring (bicyclic) bond motifs is 1. The summed E-state index contributed by atoms with van der Waals surface area (Å²) in [6, 6.07) is 17.4. The summed E-state index contributed by atoms with van der Waals surface area (Å²) in [5.74, 6) is -0.0682. The fourth-order valence-electron chi connectivity index (χ4n) is 3.32. The van der Waals surface area contributed by atoms with Crippen LogP contribution in [0.1, 0.15) is 28.3 Å². The first kappa shape index (κ1) is 15.9. The van der Waals surface area contributed by atoms with E-state index in [2.05, 4.69) is 5.10 Å². The smallest absolute Gasteiger partial charge is 0.311 e. The molecule has 0 fully saturated rings. The van der Waals surface area contributed by atoms with Crippen LogP contribution in [0.3, 0.4) is 0 Å². The van der Waals surface area contributed by atoms with Crippen LogP contribution in [0, 0.1) is 13.8 Å². The molecule has 0 aliphatic carbocycles. The van der Waals surface area contributed by atoms with Gasteiger partial charge < -0.3 is 4.18 Å². The average molecular weight is 354 g/mol. The molecular formula is C19H18N2O3S. The number of aryl methyl sites for hydroxylation is 2. The first-order chi connectivity index (χ1) is 11.9. The number of rotatable bonds is 2. The van der Waals surface area contributed by atoms with Crippen molar-refractivity contribution in [1.82, 2.24) is 9.78 Å². The zero-order valence-electron chi connectivity index (χ0n) is 14.0. The van der Waals surface area contributed by atoms with E-state index < -0.39 is 10.1 Å². The summed E-state index contributed by atoms with van der Waals surface area (Å²) in [6.45, 7) is 3.87. The fraction of sp³-hybridized carbons (Fsp3) is 0.211. The molecule has 25 heavy (non-hydrogen) atoms. The molecule has 5 nitrogen and oxygen atoms in total. The van der Waals surface area contributed by atoms with Crippen molar-refractivity contribution in [1.29, 1.82) is 0 Å². The summed E-state index contributed by atoms with van der Waals surface area (Å²) in [5.41, 5.74) is 4.41. The van der Waals surface area contributed by atoms with Gasteiger partial charge in [0.25, 0.3) is 0 Å². The van der Waals surface area contributed by atoms with Gasteiger partial charge in [-0.25, -0.2) is 0 Å². The van der Waals surface area contributed by atoms with Gasteiger partial charge in [0.05, 0.1) is 17.1 Å². The molecule has 2 aromatic carbocycles. The molecular weight excluding hydrogens is 336 g/mol. The minimum absolute atomic E-state index is 0.0790. The Kier molecular flexibility index (Phi) is 3.65. The number of benzene rings is 2. The average Bonchev–Trinajstić information content (AvgIpc) is 2.90. The van der Waals surface area contributed by atoms with Gasteiger partial charge >= 0.3 is 10.1 Å². The second-order valence-electron chi connectivity index (χ2n) is 6.33. The van der Waals surface area contributed by atoms with E-state index >= 15 is 0 Å². The van der Waals surface area contributed by atoms with Gasteiger partial charge in [0, 0.05) is 11.5 Å². The maximum Gasteiger partial charge on any atom is 0.311 e. The predicted octanol–water partition coefficient (Wildman–Crippen LogP) is 3.34. The number of hydrogen-bond acceptors (Lipinski definition) is 4. The van der Waals surface area contributed by atoms with Gasteiger partial charge in [-0.1, -0.05) is 42.5 Å². The Hall–Kier alpha value is -2.60. The second-order valence-corrected chi connectivity index (χ2v) is 7.94. The van der Waals surface area contributed by atoms with Crippen molar-refractivity contribution in [2.45, 2.75) is 19.8 Å². The molecule has 0 amide bonds. The van der Waals surface area contributed by atoms with E-state index in [1.165, 1.54) is 0 Å². The molecule has 3 aromatic rings. The van der Waals surface area contributed by atoms with E-state index in [9.17, 15) is 8.42 Å². The van der Waals surface area contributed by atoms with Gasteiger partial charge in [-0.15, -0.1) is 0 Å². The lowest BCUT2D eigenvalue weighted by Crippen LogP contribution is -2.27. The Morgan fingerprint density at radius 1 is 1.08 bits per heavy atom. The third-order valence-electron chi connectivity index (χ3n) is 4.44. The molecule has 0 radical (unpaired) electrons. The highest BCUT2D eigenvalue weighted by atomic mass is 32.2. The highest BCUT2D eigenvalue weighted by Crippen LogP contribution is 2.41. The van der Waals surface area contributed by atoms with E-state index in [0.29, 0.717) is 5.88 Å². The molecule has 0 N–H and O–H groups in total. The van der Waals surface area contributed by atoms with Gasteiger partial charge in [-0.05, 0) is 37.1 Å². The molecule has 0 spiro atoms. The lowest BCUT2D eigenvalue weighted by Gasteiger charge is -2.24. The first-order valence-electron chi connectivity index (χ1n) is 8.08. The Morgan fingerprint density at radius 3 is 2.56 bits per heavy atom. The van der Waals surface area contributed by atoms with Crippen LogP contribution in [-0.4, -0.2) is 24.0 Å². The summed E-state index contributed by atoms with van der Waals surface area (Å²) < 4.78 is 31.8. The molecule has 0 saturated heterocycles. The summed E-state index contributed by atoms with van der Waals surface area (Å²) in [6.07, 6.45) is 0. The number of hydrogen-bond donors (Lipinski definition) is 0. The van der Waals surface area contributed by atoms with E-state index in [4.69, 9.17) is 4.18 Å². The number of aromatic nitrogens is 2. The SMILES string of the molecule is Cc1cccc(-n2nc(C)c3c2OS(=O)(=O)CC3c2ccccc2)c1. The quantitative estimate of drug-likeness (QED) is 0.662. The summed E-state index contributed by atoms with van der Waals surface area (Å²) >= 11 is 0. The molecule has 2 heterocycles. The Labute approximate surface area is 147 Å². The van der Waals surface area contributed by atoms with Crippen molar-refractivity contribution in [2.24, 2.45) is 0 Å². The largest absolute Gasteiger partial charge is 0.361 e. The van der Waals surface area contributed by atoms with Crippen molar-refractivity contribution in [3.8, 4) is 11.6 Å². The van der Waals surface area contributed by atoms with Gasteiger partial charge in [-0.2, -0.15) is 18.2 Å². The topological polar surface area (TPSA) is 61.2 Å². The molecule has 1 unspecified atom stereocenters. The standard InChI is InChI=1S/C19H18N2O3S/c1-13-7-6-10-16(11-13)21-19-18(14(2)20-21)17(12-25(22,23)24-19)15-8-4-3-5-9-15/h3-11,17H,12H2,1-2H3. The molecule has 4 rings (SSSR count). The molecule has 1 aromatic heterocycles. The minimum atomic E-state index is -3.68. The van der Waals surface area contributed by atoms with Crippen LogP contribution >= 0.6 is 0 Å². The van der Waals surface area contributed by atoms with Gasteiger partial charge in [0.1, 0.15) is 0 Å².